The van der Waals surface area contributed by atoms with Crippen LogP contribution in [0.4, 0.5) is 11.4 Å². The maximum atomic E-state index is 12.4. The lowest BCUT2D eigenvalue weighted by atomic mass is 9.48. The molecule has 4 aliphatic rings. The van der Waals surface area contributed by atoms with Crippen LogP contribution in [0, 0.1) is 33.3 Å². The molecule has 0 radical (unpaired) electrons. The van der Waals surface area contributed by atoms with Gasteiger partial charge in [0.1, 0.15) is 0 Å². The number of hydrogen-bond donors (Lipinski definition) is 2. The maximum absolute atomic E-state index is 12.4. The maximum Gasteiger partial charge on any atom is 0.341 e. The van der Waals surface area contributed by atoms with Crippen LogP contribution in [0.25, 0.3) is 0 Å². The van der Waals surface area contributed by atoms with Gasteiger partial charge in [-0.1, -0.05) is 0 Å². The summed E-state index contributed by atoms with van der Waals surface area (Å²) in [4.78, 5) is 34.9. The molecule has 1 aromatic carbocycles. The fourth-order valence-electron chi connectivity index (χ4n) is 6.19. The zero-order chi connectivity index (χ0) is 20.8. The summed E-state index contributed by atoms with van der Waals surface area (Å²) >= 11 is 0. The van der Waals surface area contributed by atoms with Gasteiger partial charge in [-0.3, -0.25) is 14.9 Å². The van der Waals surface area contributed by atoms with Crippen LogP contribution in [-0.2, 0) is 9.53 Å². The Bertz CT molecular complexity index is 817. The smallest absolute Gasteiger partial charge is 0.341 e. The van der Waals surface area contributed by atoms with Crippen LogP contribution in [0.2, 0.25) is 0 Å². The van der Waals surface area contributed by atoms with Crippen molar-refractivity contribution in [1.82, 2.24) is 5.32 Å². The van der Waals surface area contributed by atoms with Crippen LogP contribution in [0.5, 0.6) is 0 Å². The van der Waals surface area contributed by atoms with E-state index < -0.39 is 17.5 Å². The molecule has 4 aliphatic carbocycles. The molecule has 0 saturated heterocycles. The number of benzene rings is 1. The second-order valence-corrected chi connectivity index (χ2v) is 9.17. The number of anilines is 1. The van der Waals surface area contributed by atoms with Crippen molar-refractivity contribution in [3.63, 3.8) is 0 Å². The minimum atomic E-state index is -0.844. The van der Waals surface area contributed by atoms with E-state index in [1.165, 1.54) is 50.7 Å². The fourth-order valence-corrected chi connectivity index (χ4v) is 6.19. The molecule has 0 aliphatic heterocycles. The van der Waals surface area contributed by atoms with Crippen molar-refractivity contribution < 1.29 is 19.2 Å². The molecule has 0 heterocycles. The van der Waals surface area contributed by atoms with Gasteiger partial charge in [0.15, 0.2) is 6.61 Å². The standard InChI is InChI=1S/C21H27N3O5/c1-12(21-8-13-4-14(9-21)6-15(5-13)10-21)23-19(25)11-29-20(26)17-7-16(24(27)28)2-3-18(17)22/h2-3,7,12-15H,4-6,8-11,22H2,1H3,(H,23,25)/t12-,13?,14?,15?,21?/m0/s1. The van der Waals surface area contributed by atoms with E-state index in [2.05, 4.69) is 12.2 Å². The van der Waals surface area contributed by atoms with E-state index >= 15 is 0 Å². The Kier molecular flexibility index (Phi) is 4.96. The number of non-ortho nitro benzene ring substituents is 1. The topological polar surface area (TPSA) is 125 Å². The van der Waals surface area contributed by atoms with Crippen molar-refractivity contribution >= 4 is 23.3 Å². The Labute approximate surface area is 169 Å². The molecule has 0 spiro atoms. The minimum Gasteiger partial charge on any atom is -0.452 e. The number of ether oxygens (including phenoxy) is 1. The first kappa shape index (κ1) is 19.7. The Balaban J connectivity index is 1.34. The summed E-state index contributed by atoms with van der Waals surface area (Å²) in [5.74, 6) is 1.16. The van der Waals surface area contributed by atoms with Crippen molar-refractivity contribution in [3.8, 4) is 0 Å². The number of carbonyl (C=O) groups excluding carboxylic acids is 2. The van der Waals surface area contributed by atoms with Crippen molar-refractivity contribution in [2.75, 3.05) is 12.3 Å². The third-order valence-corrected chi connectivity index (χ3v) is 7.18. The van der Waals surface area contributed by atoms with Crippen molar-refractivity contribution in [2.24, 2.45) is 23.2 Å². The number of nitrogen functional groups attached to an aromatic ring is 1. The number of nitro groups is 1. The normalized spacial score (nSPS) is 30.6. The van der Waals surface area contributed by atoms with Gasteiger partial charge in [0.2, 0.25) is 0 Å². The Hall–Kier alpha value is -2.64. The summed E-state index contributed by atoms with van der Waals surface area (Å²) in [7, 11) is 0. The second-order valence-electron chi connectivity index (χ2n) is 9.17. The highest BCUT2D eigenvalue weighted by molar-refractivity contribution is 5.97. The van der Waals surface area contributed by atoms with Gasteiger partial charge >= 0.3 is 5.97 Å². The quantitative estimate of drug-likeness (QED) is 0.327. The minimum absolute atomic E-state index is 0.0324. The molecule has 4 bridgehead atoms. The molecule has 8 nitrogen and oxygen atoms in total. The van der Waals surface area contributed by atoms with Crippen molar-refractivity contribution in [3.05, 3.63) is 33.9 Å². The molecule has 1 aromatic rings. The fraction of sp³-hybridized carbons (Fsp3) is 0.619. The highest BCUT2D eigenvalue weighted by Crippen LogP contribution is 2.61. The van der Waals surface area contributed by atoms with Crippen LogP contribution in [0.1, 0.15) is 55.8 Å². The number of esters is 1. The molecule has 4 saturated carbocycles. The molecule has 5 rings (SSSR count). The summed E-state index contributed by atoms with van der Waals surface area (Å²) < 4.78 is 5.07. The number of nitrogens with two attached hydrogens (primary N) is 1. The van der Waals surface area contributed by atoms with Gasteiger partial charge in [-0.2, -0.15) is 0 Å². The Morgan fingerprint density at radius 2 is 1.83 bits per heavy atom. The van der Waals surface area contributed by atoms with Crippen LogP contribution >= 0.6 is 0 Å². The monoisotopic (exact) mass is 401 g/mol. The average Bonchev–Trinajstić information content (AvgIpc) is 2.65. The molecule has 1 atom stereocenters. The first-order valence-corrected chi connectivity index (χ1v) is 10.3. The number of carbonyl (C=O) groups is 2. The highest BCUT2D eigenvalue weighted by atomic mass is 16.6. The van der Waals surface area contributed by atoms with Gasteiger partial charge in [-0.15, -0.1) is 0 Å². The van der Waals surface area contributed by atoms with Gasteiger partial charge in [-0.05, 0) is 74.7 Å². The zero-order valence-corrected chi connectivity index (χ0v) is 16.6. The molecule has 1 amide bonds. The van der Waals surface area contributed by atoms with E-state index in [1.807, 2.05) is 0 Å². The largest absolute Gasteiger partial charge is 0.452 e. The van der Waals surface area contributed by atoms with Gasteiger partial charge in [0.25, 0.3) is 11.6 Å². The molecular formula is C21H27N3O5. The number of amides is 1. The SMILES string of the molecule is C[C@H](NC(=O)COC(=O)c1cc([N+](=O)[O-])ccc1N)C12CC3CC(CC(C3)C1)C2. The molecule has 156 valence electrons. The summed E-state index contributed by atoms with van der Waals surface area (Å²) in [6.07, 6.45) is 7.52. The highest BCUT2D eigenvalue weighted by Gasteiger charge is 2.53. The van der Waals surface area contributed by atoms with Crippen molar-refractivity contribution in [1.29, 1.82) is 0 Å². The summed E-state index contributed by atoms with van der Waals surface area (Å²) in [5.41, 5.74) is 5.59. The lowest BCUT2D eigenvalue weighted by Crippen LogP contribution is -2.56. The number of hydrogen-bond acceptors (Lipinski definition) is 6. The van der Waals surface area contributed by atoms with Crippen LogP contribution in [0.15, 0.2) is 18.2 Å². The summed E-state index contributed by atoms with van der Waals surface area (Å²) in [6, 6.07) is 3.59. The molecular weight excluding hydrogens is 374 g/mol. The molecule has 8 heteroatoms. The van der Waals surface area contributed by atoms with E-state index in [1.54, 1.807) is 0 Å². The molecule has 4 fully saturated rings. The van der Waals surface area contributed by atoms with Gasteiger partial charge < -0.3 is 15.8 Å². The number of rotatable bonds is 6. The summed E-state index contributed by atoms with van der Waals surface area (Å²) in [6.45, 7) is 1.63. The lowest BCUT2D eigenvalue weighted by Gasteiger charge is -2.59. The van der Waals surface area contributed by atoms with Crippen LogP contribution in [-0.4, -0.2) is 29.4 Å². The third-order valence-electron chi connectivity index (χ3n) is 7.18. The third kappa shape index (κ3) is 3.80. The van der Waals surface area contributed by atoms with E-state index in [0.29, 0.717) is 0 Å². The van der Waals surface area contributed by atoms with E-state index in [-0.39, 0.29) is 34.3 Å². The first-order valence-electron chi connectivity index (χ1n) is 10.3. The van der Waals surface area contributed by atoms with E-state index in [0.717, 1.165) is 23.8 Å². The summed E-state index contributed by atoms with van der Waals surface area (Å²) in [5, 5.41) is 13.9. The Morgan fingerprint density at radius 1 is 1.24 bits per heavy atom. The number of nitrogens with zero attached hydrogens (tertiary/aromatic N) is 1. The molecule has 3 N–H and O–H groups in total. The molecule has 0 unspecified atom stereocenters. The van der Waals surface area contributed by atoms with Gasteiger partial charge in [-0.25, -0.2) is 4.79 Å². The average molecular weight is 401 g/mol. The molecule has 29 heavy (non-hydrogen) atoms. The first-order chi connectivity index (χ1) is 13.8. The van der Waals surface area contributed by atoms with Gasteiger partial charge in [0, 0.05) is 23.9 Å². The predicted octanol–water partition coefficient (Wildman–Crippen LogP) is 3.05. The number of nitro benzene ring substituents is 1. The second kappa shape index (κ2) is 7.31. The number of nitrogens with one attached hydrogen (secondary N) is 1. The van der Waals surface area contributed by atoms with Crippen LogP contribution in [0.3, 0.4) is 0 Å². The van der Waals surface area contributed by atoms with Crippen LogP contribution < -0.4 is 11.1 Å². The predicted molar refractivity (Wildman–Crippen MR) is 106 cm³/mol. The van der Waals surface area contributed by atoms with E-state index in [4.69, 9.17) is 10.5 Å². The lowest BCUT2D eigenvalue weighted by molar-refractivity contribution is -0.384. The molecule has 0 aromatic heterocycles. The zero-order valence-electron chi connectivity index (χ0n) is 16.6. The Morgan fingerprint density at radius 3 is 2.38 bits per heavy atom. The van der Waals surface area contributed by atoms with Gasteiger partial charge in [0.05, 0.1) is 10.5 Å². The van der Waals surface area contributed by atoms with Crippen molar-refractivity contribution in [2.45, 2.75) is 51.5 Å². The van der Waals surface area contributed by atoms with E-state index in [9.17, 15) is 19.7 Å².